The zero-order valence-electron chi connectivity index (χ0n) is 11.8. The number of para-hydroxylation sites is 1. The third kappa shape index (κ3) is 4.31. The van der Waals surface area contributed by atoms with Crippen LogP contribution in [-0.2, 0) is 9.59 Å². The predicted molar refractivity (Wildman–Crippen MR) is 82.6 cm³/mol. The highest BCUT2D eigenvalue weighted by Gasteiger charge is 2.09. The maximum Gasteiger partial charge on any atom is 0.222 e. The Morgan fingerprint density at radius 1 is 0.905 bits per heavy atom. The van der Waals surface area contributed by atoms with Crippen LogP contribution in [0.1, 0.15) is 13.8 Å². The number of carbonyl (C=O) groups is 2. The molecule has 0 aliphatic heterocycles. The minimum absolute atomic E-state index is 0.229. The van der Waals surface area contributed by atoms with Gasteiger partial charge in [-0.2, -0.15) is 0 Å². The summed E-state index contributed by atoms with van der Waals surface area (Å²) in [6, 6.07) is 12.9. The Morgan fingerprint density at radius 3 is 2.19 bits per heavy atom. The number of hydrogen-bond acceptors (Lipinski definition) is 4. The lowest BCUT2D eigenvalue weighted by Gasteiger charge is -2.12. The van der Waals surface area contributed by atoms with Crippen molar-refractivity contribution in [1.82, 2.24) is 4.98 Å². The van der Waals surface area contributed by atoms with Gasteiger partial charge in [-0.15, -0.1) is 0 Å². The van der Waals surface area contributed by atoms with Gasteiger partial charge in [0.05, 0.1) is 5.69 Å². The molecule has 0 aliphatic carbocycles. The first kappa shape index (κ1) is 14.5. The molecule has 3 N–H and O–H groups in total. The summed E-state index contributed by atoms with van der Waals surface area (Å²) < 4.78 is 0. The molecule has 1 aromatic heterocycles. The summed E-state index contributed by atoms with van der Waals surface area (Å²) in [4.78, 5) is 26.7. The summed E-state index contributed by atoms with van der Waals surface area (Å²) in [7, 11) is 0. The van der Waals surface area contributed by atoms with Crippen LogP contribution >= 0.6 is 0 Å². The largest absolute Gasteiger partial charge is 0.340 e. The van der Waals surface area contributed by atoms with Crippen molar-refractivity contribution in [1.29, 1.82) is 0 Å². The molecule has 1 heterocycles. The second-order valence-corrected chi connectivity index (χ2v) is 4.45. The number of pyridine rings is 1. The van der Waals surface area contributed by atoms with Crippen molar-refractivity contribution in [2.24, 2.45) is 0 Å². The first-order chi connectivity index (χ1) is 10.0. The molecule has 0 saturated heterocycles. The lowest BCUT2D eigenvalue weighted by molar-refractivity contribution is -0.115. The Hall–Kier alpha value is -2.89. The molecule has 0 unspecified atom stereocenters. The van der Waals surface area contributed by atoms with Gasteiger partial charge in [0.15, 0.2) is 5.82 Å². The van der Waals surface area contributed by atoms with Gasteiger partial charge >= 0.3 is 0 Å². The summed E-state index contributed by atoms with van der Waals surface area (Å²) in [5, 5.41) is 8.35. The molecule has 0 saturated carbocycles. The number of amides is 2. The van der Waals surface area contributed by atoms with E-state index in [2.05, 4.69) is 20.9 Å². The van der Waals surface area contributed by atoms with Crippen LogP contribution in [0.5, 0.6) is 0 Å². The van der Waals surface area contributed by atoms with Gasteiger partial charge in [-0.3, -0.25) is 9.59 Å². The first-order valence-electron chi connectivity index (χ1n) is 6.43. The van der Waals surface area contributed by atoms with E-state index in [9.17, 15) is 9.59 Å². The summed E-state index contributed by atoms with van der Waals surface area (Å²) in [6.45, 7) is 2.78. The number of aromatic nitrogens is 1. The zero-order valence-corrected chi connectivity index (χ0v) is 11.8. The molecule has 21 heavy (non-hydrogen) atoms. The van der Waals surface area contributed by atoms with E-state index in [1.54, 1.807) is 12.1 Å². The van der Waals surface area contributed by atoms with E-state index < -0.39 is 0 Å². The molecule has 0 atom stereocenters. The third-order valence-corrected chi connectivity index (χ3v) is 2.55. The number of rotatable bonds is 4. The Labute approximate surface area is 122 Å². The maximum atomic E-state index is 11.2. The van der Waals surface area contributed by atoms with E-state index in [1.165, 1.54) is 13.8 Å². The van der Waals surface area contributed by atoms with Crippen molar-refractivity contribution >= 4 is 34.8 Å². The molecule has 6 nitrogen and oxygen atoms in total. The van der Waals surface area contributed by atoms with Crippen molar-refractivity contribution < 1.29 is 9.59 Å². The molecule has 2 rings (SSSR count). The topological polar surface area (TPSA) is 83.1 Å². The average molecular weight is 284 g/mol. The van der Waals surface area contributed by atoms with Crippen LogP contribution in [0.4, 0.5) is 23.0 Å². The van der Waals surface area contributed by atoms with Crippen molar-refractivity contribution in [3.63, 3.8) is 0 Å². The molecule has 0 spiro atoms. The van der Waals surface area contributed by atoms with Gasteiger partial charge in [-0.05, 0) is 24.3 Å². The molecular weight excluding hydrogens is 268 g/mol. The summed E-state index contributed by atoms with van der Waals surface area (Å²) in [5.41, 5.74) is 1.34. The van der Waals surface area contributed by atoms with Crippen LogP contribution in [0.2, 0.25) is 0 Å². The van der Waals surface area contributed by atoms with E-state index in [-0.39, 0.29) is 11.8 Å². The lowest BCUT2D eigenvalue weighted by atomic mass is 10.3. The predicted octanol–water partition coefficient (Wildman–Crippen LogP) is 2.74. The van der Waals surface area contributed by atoms with E-state index >= 15 is 0 Å². The second-order valence-electron chi connectivity index (χ2n) is 4.45. The summed E-state index contributed by atoms with van der Waals surface area (Å²) >= 11 is 0. The standard InChI is InChI=1S/C15H16N4O2/c1-10(20)16-13-8-9-14(19-15(13)17-11(2)21)18-12-6-4-3-5-7-12/h3-9H,1-2H3,(H,16,20)(H2,17,18,19,21). The highest BCUT2D eigenvalue weighted by Crippen LogP contribution is 2.23. The number of nitrogens with one attached hydrogen (secondary N) is 3. The highest BCUT2D eigenvalue weighted by molar-refractivity contribution is 5.97. The Bertz CT molecular complexity index is 656. The molecule has 0 fully saturated rings. The third-order valence-electron chi connectivity index (χ3n) is 2.55. The van der Waals surface area contributed by atoms with Crippen molar-refractivity contribution in [3.8, 4) is 0 Å². The van der Waals surface area contributed by atoms with Crippen LogP contribution in [0.3, 0.4) is 0 Å². The minimum Gasteiger partial charge on any atom is -0.340 e. The van der Waals surface area contributed by atoms with Crippen molar-refractivity contribution in [2.75, 3.05) is 16.0 Å². The van der Waals surface area contributed by atoms with Crippen LogP contribution in [0, 0.1) is 0 Å². The second kappa shape index (κ2) is 6.51. The van der Waals surface area contributed by atoms with Crippen LogP contribution < -0.4 is 16.0 Å². The van der Waals surface area contributed by atoms with Gasteiger partial charge in [-0.1, -0.05) is 18.2 Å². The van der Waals surface area contributed by atoms with Crippen LogP contribution in [-0.4, -0.2) is 16.8 Å². The van der Waals surface area contributed by atoms with Crippen molar-refractivity contribution in [3.05, 3.63) is 42.5 Å². The van der Waals surface area contributed by atoms with E-state index in [1.807, 2.05) is 30.3 Å². The van der Waals surface area contributed by atoms with Gasteiger partial charge in [0.25, 0.3) is 0 Å². The number of benzene rings is 1. The Morgan fingerprint density at radius 2 is 1.57 bits per heavy atom. The molecule has 0 bridgehead atoms. The van der Waals surface area contributed by atoms with E-state index in [0.717, 1.165) is 5.69 Å². The first-order valence-corrected chi connectivity index (χ1v) is 6.43. The number of hydrogen-bond donors (Lipinski definition) is 3. The Kier molecular flexibility index (Phi) is 4.50. The summed E-state index contributed by atoms with van der Waals surface area (Å²) in [6.07, 6.45) is 0. The van der Waals surface area contributed by atoms with E-state index in [4.69, 9.17) is 0 Å². The molecule has 0 aliphatic rings. The normalized spacial score (nSPS) is 9.81. The van der Waals surface area contributed by atoms with Gasteiger partial charge in [-0.25, -0.2) is 4.98 Å². The highest BCUT2D eigenvalue weighted by atomic mass is 16.2. The molecular formula is C15H16N4O2. The SMILES string of the molecule is CC(=O)Nc1ccc(Nc2ccccc2)nc1NC(C)=O. The van der Waals surface area contributed by atoms with Gasteiger partial charge in [0, 0.05) is 19.5 Å². The Balaban J connectivity index is 2.27. The van der Waals surface area contributed by atoms with E-state index in [0.29, 0.717) is 17.3 Å². The van der Waals surface area contributed by atoms with Gasteiger partial charge in [0.2, 0.25) is 11.8 Å². The lowest BCUT2D eigenvalue weighted by Crippen LogP contribution is -2.14. The van der Waals surface area contributed by atoms with Crippen LogP contribution in [0.15, 0.2) is 42.5 Å². The quantitative estimate of drug-likeness (QED) is 0.806. The molecule has 2 amide bonds. The summed E-state index contributed by atoms with van der Waals surface area (Å²) in [5.74, 6) is 0.385. The molecule has 1 aromatic carbocycles. The van der Waals surface area contributed by atoms with Gasteiger partial charge in [0.1, 0.15) is 5.82 Å². The zero-order chi connectivity index (χ0) is 15.2. The fourth-order valence-corrected chi connectivity index (χ4v) is 1.75. The van der Waals surface area contributed by atoms with Gasteiger partial charge < -0.3 is 16.0 Å². The smallest absolute Gasteiger partial charge is 0.222 e. The molecule has 2 aromatic rings. The molecule has 108 valence electrons. The number of anilines is 4. The fraction of sp³-hybridized carbons (Fsp3) is 0.133. The number of carbonyl (C=O) groups excluding carboxylic acids is 2. The monoisotopic (exact) mass is 284 g/mol. The average Bonchev–Trinajstić information content (AvgIpc) is 2.42. The maximum absolute atomic E-state index is 11.2. The molecule has 0 radical (unpaired) electrons. The number of nitrogens with zero attached hydrogens (tertiary/aromatic N) is 1. The van der Waals surface area contributed by atoms with Crippen LogP contribution in [0.25, 0.3) is 0 Å². The fourth-order valence-electron chi connectivity index (χ4n) is 1.75. The molecule has 6 heteroatoms. The van der Waals surface area contributed by atoms with Crippen molar-refractivity contribution in [2.45, 2.75) is 13.8 Å². The minimum atomic E-state index is -0.258.